The summed E-state index contributed by atoms with van der Waals surface area (Å²) in [5.41, 5.74) is 3.27. The second kappa shape index (κ2) is 13.3. The first-order chi connectivity index (χ1) is 19.1. The molecular formula is C32H43ClN2O5. The first-order valence-corrected chi connectivity index (χ1v) is 14.7. The molecule has 0 radical (unpaired) electrons. The van der Waals surface area contributed by atoms with E-state index in [-0.39, 0.29) is 6.54 Å². The van der Waals surface area contributed by atoms with Gasteiger partial charge in [-0.05, 0) is 94.5 Å². The molecule has 1 saturated carbocycles. The summed E-state index contributed by atoms with van der Waals surface area (Å²) < 4.78 is 16.8. The maximum atomic E-state index is 12.8. The molecule has 1 saturated heterocycles. The van der Waals surface area contributed by atoms with E-state index in [0.29, 0.717) is 29.0 Å². The molecule has 0 aromatic heterocycles. The Labute approximate surface area is 243 Å². The normalized spacial score (nSPS) is 23.1. The highest BCUT2D eigenvalue weighted by atomic mass is 35.5. The highest BCUT2D eigenvalue weighted by Gasteiger charge is 2.43. The molecule has 1 aliphatic carbocycles. The number of esters is 1. The zero-order valence-electron chi connectivity index (χ0n) is 24.4. The molecule has 1 aliphatic heterocycles. The fourth-order valence-electron chi connectivity index (χ4n) is 6.02. The first-order valence-electron chi connectivity index (χ1n) is 14.3. The summed E-state index contributed by atoms with van der Waals surface area (Å²) in [5.74, 6) is 1.26. The van der Waals surface area contributed by atoms with E-state index in [1.165, 1.54) is 36.0 Å². The lowest BCUT2D eigenvalue weighted by Crippen LogP contribution is -2.44. The molecule has 2 atom stereocenters. The highest BCUT2D eigenvalue weighted by molar-refractivity contribution is 6.32. The lowest BCUT2D eigenvalue weighted by Gasteiger charge is -2.30. The van der Waals surface area contributed by atoms with Crippen molar-refractivity contribution in [1.29, 1.82) is 0 Å². The van der Waals surface area contributed by atoms with Gasteiger partial charge in [-0.2, -0.15) is 0 Å². The SMILES string of the molecule is CNCc1ccccc1C1CCC(Cc2cccc(O[C@H]3C[C@@H](C(=O)OC)N(C(=O)OC(C)(C)C)C3)c2Cl)CC1. The largest absolute Gasteiger partial charge is 0.487 e. The van der Waals surface area contributed by atoms with Crippen molar-refractivity contribution < 1.29 is 23.8 Å². The van der Waals surface area contributed by atoms with Crippen molar-refractivity contribution in [1.82, 2.24) is 10.2 Å². The van der Waals surface area contributed by atoms with Gasteiger partial charge >= 0.3 is 12.1 Å². The third kappa shape index (κ3) is 7.49. The maximum absolute atomic E-state index is 12.8. The van der Waals surface area contributed by atoms with Crippen LogP contribution in [0.5, 0.6) is 5.75 Å². The van der Waals surface area contributed by atoms with E-state index in [9.17, 15) is 9.59 Å². The monoisotopic (exact) mass is 570 g/mol. The van der Waals surface area contributed by atoms with E-state index in [0.717, 1.165) is 31.4 Å². The van der Waals surface area contributed by atoms with Crippen molar-refractivity contribution in [2.75, 3.05) is 20.7 Å². The molecular weight excluding hydrogens is 528 g/mol. The summed E-state index contributed by atoms with van der Waals surface area (Å²) in [6.45, 7) is 6.50. The Kier molecular flexibility index (Phi) is 10.0. The smallest absolute Gasteiger partial charge is 0.411 e. The molecule has 218 valence electrons. The van der Waals surface area contributed by atoms with Gasteiger partial charge in [-0.15, -0.1) is 0 Å². The molecule has 2 aromatic rings. The minimum atomic E-state index is -0.764. The van der Waals surface area contributed by atoms with Gasteiger partial charge in [0.25, 0.3) is 0 Å². The van der Waals surface area contributed by atoms with Crippen LogP contribution in [0.1, 0.15) is 75.5 Å². The van der Waals surface area contributed by atoms with Crippen LogP contribution in [-0.4, -0.2) is 55.4 Å². The maximum Gasteiger partial charge on any atom is 0.411 e. The second-order valence-corrected chi connectivity index (χ2v) is 12.4. The van der Waals surface area contributed by atoms with Crippen molar-refractivity contribution in [3.8, 4) is 5.75 Å². The van der Waals surface area contributed by atoms with Crippen LogP contribution in [0.2, 0.25) is 5.02 Å². The summed E-state index contributed by atoms with van der Waals surface area (Å²) in [6.07, 6.45) is 4.93. The zero-order chi connectivity index (χ0) is 28.9. The topological polar surface area (TPSA) is 77.1 Å². The fourth-order valence-corrected chi connectivity index (χ4v) is 6.27. The first kappa shape index (κ1) is 30.2. The van der Waals surface area contributed by atoms with E-state index in [1.54, 1.807) is 20.8 Å². The molecule has 2 aromatic carbocycles. The number of nitrogens with zero attached hydrogens (tertiary/aromatic N) is 1. The summed E-state index contributed by atoms with van der Waals surface area (Å²) in [6, 6.07) is 13.9. The van der Waals surface area contributed by atoms with Crippen LogP contribution in [-0.2, 0) is 27.2 Å². The number of hydrogen-bond donors (Lipinski definition) is 1. The van der Waals surface area contributed by atoms with Crippen LogP contribution in [0.4, 0.5) is 4.79 Å². The minimum absolute atomic E-state index is 0.217. The molecule has 1 amide bonds. The van der Waals surface area contributed by atoms with E-state index in [4.69, 9.17) is 25.8 Å². The standard InChI is InChI=1S/C32H43ClN2O5/c1-32(2,3)40-31(37)35-20-25(18-27(35)30(36)38-5)39-28-12-8-10-23(29(28)33)17-21-13-15-22(16-14-21)26-11-7-6-9-24(26)19-34-4/h6-12,21-22,25,27,34H,13-20H2,1-5H3/t21?,22?,25-,27-/m0/s1. The number of carbonyl (C=O) groups excluding carboxylic acids is 2. The number of carbonyl (C=O) groups is 2. The number of nitrogens with one attached hydrogen (secondary N) is 1. The summed E-state index contributed by atoms with van der Waals surface area (Å²) >= 11 is 6.87. The van der Waals surface area contributed by atoms with Crippen LogP contribution in [0.15, 0.2) is 42.5 Å². The molecule has 0 spiro atoms. The third-order valence-electron chi connectivity index (χ3n) is 7.92. The number of halogens is 1. The Morgan fingerprint density at radius 3 is 2.40 bits per heavy atom. The molecule has 0 bridgehead atoms. The van der Waals surface area contributed by atoms with E-state index >= 15 is 0 Å². The zero-order valence-corrected chi connectivity index (χ0v) is 25.1. The minimum Gasteiger partial charge on any atom is -0.487 e. The Morgan fingerprint density at radius 1 is 1.02 bits per heavy atom. The van der Waals surface area contributed by atoms with Crippen LogP contribution < -0.4 is 10.1 Å². The average molecular weight is 571 g/mol. The predicted molar refractivity (Wildman–Crippen MR) is 157 cm³/mol. The van der Waals surface area contributed by atoms with Crippen LogP contribution >= 0.6 is 11.6 Å². The number of benzene rings is 2. The Hall–Kier alpha value is -2.77. The number of ether oxygens (including phenoxy) is 3. The number of methoxy groups -OCH3 is 1. The van der Waals surface area contributed by atoms with Gasteiger partial charge in [0.2, 0.25) is 0 Å². The molecule has 7 nitrogen and oxygen atoms in total. The highest BCUT2D eigenvalue weighted by Crippen LogP contribution is 2.40. The van der Waals surface area contributed by atoms with Crippen LogP contribution in [0.25, 0.3) is 0 Å². The molecule has 0 unspecified atom stereocenters. The van der Waals surface area contributed by atoms with Gasteiger partial charge in [-0.25, -0.2) is 9.59 Å². The van der Waals surface area contributed by atoms with Gasteiger partial charge in [-0.3, -0.25) is 4.90 Å². The number of rotatable bonds is 8. The van der Waals surface area contributed by atoms with E-state index < -0.39 is 29.8 Å². The quantitative estimate of drug-likeness (QED) is 0.365. The lowest BCUT2D eigenvalue weighted by atomic mass is 9.75. The molecule has 1 N–H and O–H groups in total. The van der Waals surface area contributed by atoms with Crippen LogP contribution in [0.3, 0.4) is 0 Å². The Bertz CT molecular complexity index is 1170. The van der Waals surface area contributed by atoms with Gasteiger partial charge in [0.1, 0.15) is 23.5 Å². The number of likely N-dealkylation sites (tertiary alicyclic amines) is 1. The predicted octanol–water partition coefficient (Wildman–Crippen LogP) is 6.51. The molecule has 4 rings (SSSR count). The van der Waals surface area contributed by atoms with Crippen molar-refractivity contribution in [3.05, 3.63) is 64.2 Å². The van der Waals surface area contributed by atoms with Gasteiger partial charge in [0.15, 0.2) is 0 Å². The number of hydrogen-bond acceptors (Lipinski definition) is 6. The van der Waals surface area contributed by atoms with E-state index in [2.05, 4.69) is 35.6 Å². The average Bonchev–Trinajstić information content (AvgIpc) is 3.35. The fraction of sp³-hybridized carbons (Fsp3) is 0.562. The molecule has 2 aliphatic rings. The van der Waals surface area contributed by atoms with Gasteiger partial charge in [-0.1, -0.05) is 48.0 Å². The Balaban J connectivity index is 1.38. The number of amides is 1. The summed E-state index contributed by atoms with van der Waals surface area (Å²) in [4.78, 5) is 26.6. The van der Waals surface area contributed by atoms with Gasteiger partial charge in [0, 0.05) is 13.0 Å². The van der Waals surface area contributed by atoms with Gasteiger partial charge < -0.3 is 19.5 Å². The summed E-state index contributed by atoms with van der Waals surface area (Å²) in [7, 11) is 3.31. The third-order valence-corrected chi connectivity index (χ3v) is 8.35. The van der Waals surface area contributed by atoms with Crippen molar-refractivity contribution in [2.45, 2.75) is 89.5 Å². The molecule has 40 heavy (non-hydrogen) atoms. The van der Waals surface area contributed by atoms with Crippen molar-refractivity contribution in [2.24, 2.45) is 5.92 Å². The van der Waals surface area contributed by atoms with Crippen molar-refractivity contribution in [3.63, 3.8) is 0 Å². The van der Waals surface area contributed by atoms with Crippen molar-refractivity contribution >= 4 is 23.7 Å². The van der Waals surface area contributed by atoms with Crippen LogP contribution in [0, 0.1) is 5.92 Å². The summed E-state index contributed by atoms with van der Waals surface area (Å²) in [5, 5.41) is 3.90. The molecule has 1 heterocycles. The lowest BCUT2D eigenvalue weighted by molar-refractivity contribution is -0.145. The Morgan fingerprint density at radius 2 is 1.73 bits per heavy atom. The molecule has 8 heteroatoms. The molecule has 2 fully saturated rings. The van der Waals surface area contributed by atoms with E-state index in [1.807, 2.05) is 19.2 Å². The van der Waals surface area contributed by atoms with Gasteiger partial charge in [0.05, 0.1) is 18.7 Å². The second-order valence-electron chi connectivity index (χ2n) is 12.0.